The Kier molecular flexibility index (Phi) is 6.63. The molecule has 0 fully saturated rings. The first-order valence-electron chi connectivity index (χ1n) is 6.35. The minimum Gasteiger partial charge on any atom is -0.480 e. The molecule has 6 heteroatoms. The van der Waals surface area contributed by atoms with Gasteiger partial charge in [0.25, 0.3) is 0 Å². The number of carbonyl (C=O) groups is 2. The van der Waals surface area contributed by atoms with Crippen molar-refractivity contribution in [1.29, 1.82) is 0 Å². The predicted octanol–water partition coefficient (Wildman–Crippen LogP) is 2.08. The lowest BCUT2D eigenvalue weighted by Crippen LogP contribution is -2.41. The van der Waals surface area contributed by atoms with E-state index in [0.717, 1.165) is 0 Å². The zero-order valence-electron chi connectivity index (χ0n) is 10.9. The molecule has 0 heterocycles. The number of carboxylic acid groups (broad SMARTS) is 1. The monoisotopic (exact) mass is 285 g/mol. The quantitative estimate of drug-likeness (QED) is 0.719. The van der Waals surface area contributed by atoms with Crippen LogP contribution in [0.25, 0.3) is 0 Å². The maximum absolute atomic E-state index is 12.7. The van der Waals surface area contributed by atoms with E-state index in [4.69, 9.17) is 5.11 Å². The van der Waals surface area contributed by atoms with Crippen LogP contribution < -0.4 is 5.32 Å². The molecule has 0 spiro atoms. The normalized spacial score (nSPS) is 11.9. The van der Waals surface area contributed by atoms with E-state index in [9.17, 15) is 18.4 Å². The van der Waals surface area contributed by atoms with Crippen molar-refractivity contribution >= 4 is 11.9 Å². The molecular formula is C14H17F2NO3. The Labute approximate surface area is 115 Å². The molecule has 0 unspecified atom stereocenters. The number of amides is 1. The standard InChI is InChI=1S/C14H17F2NO3/c15-8-2-1-3-12(14(19)20)17-13(18)9-10-4-6-11(16)7-5-10/h4-7,12H,1-3,8-9H2,(H,17,18)(H,19,20)/t12-/m0/s1. The highest BCUT2D eigenvalue weighted by molar-refractivity contribution is 5.84. The molecule has 1 amide bonds. The number of alkyl halides is 1. The summed E-state index contributed by atoms with van der Waals surface area (Å²) < 4.78 is 24.7. The summed E-state index contributed by atoms with van der Waals surface area (Å²) in [6.07, 6.45) is 0.837. The van der Waals surface area contributed by atoms with Gasteiger partial charge in [0.2, 0.25) is 5.91 Å². The third-order valence-electron chi connectivity index (χ3n) is 2.79. The fraction of sp³-hybridized carbons (Fsp3) is 0.429. The van der Waals surface area contributed by atoms with Gasteiger partial charge in [-0.15, -0.1) is 0 Å². The Bertz CT molecular complexity index is 448. The average Bonchev–Trinajstić information content (AvgIpc) is 2.40. The van der Waals surface area contributed by atoms with Gasteiger partial charge in [0, 0.05) is 0 Å². The molecule has 0 radical (unpaired) electrons. The Hall–Kier alpha value is -1.98. The Morgan fingerprint density at radius 3 is 2.40 bits per heavy atom. The number of nitrogens with one attached hydrogen (secondary N) is 1. The van der Waals surface area contributed by atoms with E-state index in [1.165, 1.54) is 24.3 Å². The summed E-state index contributed by atoms with van der Waals surface area (Å²) in [7, 11) is 0. The topological polar surface area (TPSA) is 66.4 Å². The average molecular weight is 285 g/mol. The highest BCUT2D eigenvalue weighted by atomic mass is 19.1. The molecule has 0 saturated heterocycles. The number of benzene rings is 1. The van der Waals surface area contributed by atoms with Crippen molar-refractivity contribution in [2.75, 3.05) is 6.67 Å². The van der Waals surface area contributed by atoms with Gasteiger partial charge in [-0.1, -0.05) is 12.1 Å². The van der Waals surface area contributed by atoms with Crippen LogP contribution >= 0.6 is 0 Å². The summed E-state index contributed by atoms with van der Waals surface area (Å²) >= 11 is 0. The number of aliphatic carboxylic acids is 1. The fourth-order valence-electron chi connectivity index (χ4n) is 1.73. The second-order valence-corrected chi connectivity index (χ2v) is 4.45. The number of carboxylic acids is 1. The van der Waals surface area contributed by atoms with E-state index in [2.05, 4.69) is 5.32 Å². The van der Waals surface area contributed by atoms with Gasteiger partial charge in [0.1, 0.15) is 11.9 Å². The Balaban J connectivity index is 2.48. The Morgan fingerprint density at radius 2 is 1.85 bits per heavy atom. The highest BCUT2D eigenvalue weighted by Crippen LogP contribution is 2.05. The molecule has 1 aromatic carbocycles. The van der Waals surface area contributed by atoms with Gasteiger partial charge in [0.05, 0.1) is 13.1 Å². The van der Waals surface area contributed by atoms with Gasteiger partial charge in [-0.25, -0.2) is 9.18 Å². The summed E-state index contributed by atoms with van der Waals surface area (Å²) in [6.45, 7) is -0.504. The van der Waals surface area contributed by atoms with E-state index in [1.807, 2.05) is 0 Å². The SMILES string of the molecule is O=C(Cc1ccc(F)cc1)N[C@@H](CCCCF)C(=O)O. The van der Waals surface area contributed by atoms with Crippen molar-refractivity contribution in [3.8, 4) is 0 Å². The molecule has 4 nitrogen and oxygen atoms in total. The molecule has 0 bridgehead atoms. The van der Waals surface area contributed by atoms with E-state index in [-0.39, 0.29) is 19.3 Å². The van der Waals surface area contributed by atoms with Gasteiger partial charge in [0.15, 0.2) is 0 Å². The van der Waals surface area contributed by atoms with Gasteiger partial charge in [-0.05, 0) is 37.0 Å². The van der Waals surface area contributed by atoms with Crippen molar-refractivity contribution in [1.82, 2.24) is 5.32 Å². The number of hydrogen-bond acceptors (Lipinski definition) is 2. The second kappa shape index (κ2) is 8.24. The van der Waals surface area contributed by atoms with Crippen LogP contribution in [-0.4, -0.2) is 29.7 Å². The summed E-state index contributed by atoms with van der Waals surface area (Å²) in [4.78, 5) is 22.7. The maximum Gasteiger partial charge on any atom is 0.326 e. The molecular weight excluding hydrogens is 268 g/mol. The van der Waals surface area contributed by atoms with Crippen LogP contribution in [0.2, 0.25) is 0 Å². The van der Waals surface area contributed by atoms with E-state index < -0.39 is 30.4 Å². The summed E-state index contributed by atoms with van der Waals surface area (Å²) in [6, 6.07) is 4.38. The molecule has 2 N–H and O–H groups in total. The minimum atomic E-state index is -1.14. The van der Waals surface area contributed by atoms with Crippen molar-refractivity contribution in [3.63, 3.8) is 0 Å². The van der Waals surface area contributed by atoms with Gasteiger partial charge in [-0.2, -0.15) is 0 Å². The molecule has 0 aliphatic carbocycles. The van der Waals surface area contributed by atoms with Crippen molar-refractivity contribution in [2.24, 2.45) is 0 Å². The zero-order chi connectivity index (χ0) is 15.0. The van der Waals surface area contributed by atoms with Gasteiger partial charge in [-0.3, -0.25) is 9.18 Å². The summed E-state index contributed by atoms with van der Waals surface area (Å²) in [5, 5.41) is 11.3. The first-order valence-corrected chi connectivity index (χ1v) is 6.35. The summed E-state index contributed by atoms with van der Waals surface area (Å²) in [5.41, 5.74) is 0.594. The third kappa shape index (κ3) is 5.77. The molecule has 0 aliphatic rings. The minimum absolute atomic E-state index is 0.0207. The number of unbranched alkanes of at least 4 members (excludes halogenated alkanes) is 1. The number of rotatable bonds is 8. The molecule has 0 saturated carbocycles. The molecule has 0 aromatic heterocycles. The van der Waals surface area contributed by atoms with Gasteiger partial charge < -0.3 is 10.4 Å². The molecule has 1 aromatic rings. The van der Waals surface area contributed by atoms with Crippen LogP contribution in [0.1, 0.15) is 24.8 Å². The van der Waals surface area contributed by atoms with Gasteiger partial charge >= 0.3 is 5.97 Å². The first kappa shape index (κ1) is 16.1. The molecule has 1 rings (SSSR count). The second-order valence-electron chi connectivity index (χ2n) is 4.45. The number of hydrogen-bond donors (Lipinski definition) is 2. The van der Waals surface area contributed by atoms with Crippen LogP contribution in [-0.2, 0) is 16.0 Å². The lowest BCUT2D eigenvalue weighted by molar-refractivity contribution is -0.142. The van der Waals surface area contributed by atoms with Crippen LogP contribution in [0.15, 0.2) is 24.3 Å². The maximum atomic E-state index is 12.7. The number of carbonyl (C=O) groups excluding carboxylic acids is 1. The van der Waals surface area contributed by atoms with Crippen LogP contribution in [0.3, 0.4) is 0 Å². The Morgan fingerprint density at radius 1 is 1.20 bits per heavy atom. The molecule has 0 aliphatic heterocycles. The lowest BCUT2D eigenvalue weighted by atomic mass is 10.1. The largest absolute Gasteiger partial charge is 0.480 e. The van der Waals surface area contributed by atoms with E-state index in [1.54, 1.807) is 0 Å². The van der Waals surface area contributed by atoms with Crippen LogP contribution in [0.5, 0.6) is 0 Å². The molecule has 20 heavy (non-hydrogen) atoms. The highest BCUT2D eigenvalue weighted by Gasteiger charge is 2.19. The molecule has 110 valence electrons. The molecule has 1 atom stereocenters. The van der Waals surface area contributed by atoms with Crippen molar-refractivity contribution in [2.45, 2.75) is 31.7 Å². The lowest BCUT2D eigenvalue weighted by Gasteiger charge is -2.14. The third-order valence-corrected chi connectivity index (χ3v) is 2.79. The van der Waals surface area contributed by atoms with Crippen LogP contribution in [0, 0.1) is 5.82 Å². The van der Waals surface area contributed by atoms with Crippen molar-refractivity contribution < 1.29 is 23.5 Å². The van der Waals surface area contributed by atoms with E-state index in [0.29, 0.717) is 12.0 Å². The first-order chi connectivity index (χ1) is 9.52. The zero-order valence-corrected chi connectivity index (χ0v) is 10.9. The van der Waals surface area contributed by atoms with Crippen LogP contribution in [0.4, 0.5) is 8.78 Å². The van der Waals surface area contributed by atoms with E-state index >= 15 is 0 Å². The predicted molar refractivity (Wildman–Crippen MR) is 69.5 cm³/mol. The van der Waals surface area contributed by atoms with Crippen molar-refractivity contribution in [3.05, 3.63) is 35.6 Å². The summed E-state index contributed by atoms with van der Waals surface area (Å²) in [5.74, 6) is -2.00. The number of halogens is 2. The fourth-order valence-corrected chi connectivity index (χ4v) is 1.73. The smallest absolute Gasteiger partial charge is 0.326 e.